The number of aromatic nitrogens is 1. The number of carboxylic acid groups (broad SMARTS) is 1. The lowest BCUT2D eigenvalue weighted by molar-refractivity contribution is -0.139. The lowest BCUT2D eigenvalue weighted by Crippen LogP contribution is -2.35. The number of carbonyl (C=O) groups is 1. The number of likely N-dealkylation sites (tertiary alicyclic amines) is 1. The number of aliphatic hydroxyl groups is 1. The molecule has 0 atom stereocenters. The standard InChI is InChI=1S/C26H27F3N2O4S2/c1-16-12-20(6-7-22(16)35-14-24(33)34)36-15-23-21(13-31-10-8-19(32)9-11-31)30-25(37-23)17-2-4-18(5-3-17)26(27,28)29/h2-7,12,19,32H,8-11,13-15H2,1H3,(H,33,34). The van der Waals surface area contributed by atoms with Gasteiger partial charge in [0.05, 0.1) is 17.4 Å². The molecule has 0 unspecified atom stereocenters. The van der Waals surface area contributed by atoms with E-state index in [0.717, 1.165) is 46.3 Å². The van der Waals surface area contributed by atoms with Crippen molar-refractivity contribution < 1.29 is 32.9 Å². The zero-order valence-corrected chi connectivity index (χ0v) is 21.8. The van der Waals surface area contributed by atoms with Crippen molar-refractivity contribution in [3.8, 4) is 16.3 Å². The number of hydrogen-bond donors (Lipinski definition) is 2. The first kappa shape index (κ1) is 27.4. The van der Waals surface area contributed by atoms with Crippen LogP contribution in [0.15, 0.2) is 47.4 Å². The highest BCUT2D eigenvalue weighted by Gasteiger charge is 2.30. The number of piperidine rings is 1. The molecule has 0 spiro atoms. The highest BCUT2D eigenvalue weighted by molar-refractivity contribution is 7.98. The molecule has 11 heteroatoms. The van der Waals surface area contributed by atoms with Gasteiger partial charge in [0.15, 0.2) is 6.61 Å². The Morgan fingerprint density at radius 3 is 2.51 bits per heavy atom. The molecule has 0 amide bonds. The third-order valence-corrected chi connectivity index (χ3v) is 8.39. The number of halogens is 3. The highest BCUT2D eigenvalue weighted by atomic mass is 32.2. The number of aliphatic carboxylic acids is 1. The molecule has 1 aliphatic heterocycles. The number of benzene rings is 2. The lowest BCUT2D eigenvalue weighted by atomic mass is 10.1. The predicted octanol–water partition coefficient (Wildman–Crippen LogP) is 5.85. The van der Waals surface area contributed by atoms with Gasteiger partial charge in [-0.1, -0.05) is 12.1 Å². The number of aryl methyl sites for hydroxylation is 1. The van der Waals surface area contributed by atoms with Gasteiger partial charge in [0, 0.05) is 40.7 Å². The van der Waals surface area contributed by atoms with E-state index in [-0.39, 0.29) is 6.10 Å². The van der Waals surface area contributed by atoms with E-state index < -0.39 is 24.3 Å². The molecule has 4 rings (SSSR count). The summed E-state index contributed by atoms with van der Waals surface area (Å²) in [6.45, 7) is 3.58. The number of ether oxygens (including phenoxy) is 1. The second kappa shape index (κ2) is 11.8. The highest BCUT2D eigenvalue weighted by Crippen LogP contribution is 2.36. The first-order valence-electron chi connectivity index (χ1n) is 11.7. The van der Waals surface area contributed by atoms with E-state index in [4.69, 9.17) is 14.8 Å². The van der Waals surface area contributed by atoms with Crippen molar-refractivity contribution in [3.05, 3.63) is 64.2 Å². The number of carboxylic acids is 1. The molecular weight excluding hydrogens is 525 g/mol. The molecule has 0 saturated carbocycles. The molecule has 2 aromatic carbocycles. The maximum absolute atomic E-state index is 13.0. The fourth-order valence-electron chi connectivity index (χ4n) is 4.00. The van der Waals surface area contributed by atoms with Gasteiger partial charge in [-0.3, -0.25) is 4.90 Å². The second-order valence-corrected chi connectivity index (χ2v) is 11.0. The minimum absolute atomic E-state index is 0.282. The van der Waals surface area contributed by atoms with E-state index in [9.17, 15) is 23.1 Å². The summed E-state index contributed by atoms with van der Waals surface area (Å²) in [5.41, 5.74) is 1.66. The summed E-state index contributed by atoms with van der Waals surface area (Å²) in [6, 6.07) is 10.6. The normalized spacial score (nSPS) is 15.2. The van der Waals surface area contributed by atoms with Crippen molar-refractivity contribution in [2.45, 2.75) is 49.2 Å². The van der Waals surface area contributed by atoms with E-state index in [1.807, 2.05) is 19.1 Å². The van der Waals surface area contributed by atoms with Crippen LogP contribution in [0.4, 0.5) is 13.2 Å². The lowest BCUT2D eigenvalue weighted by Gasteiger charge is -2.29. The van der Waals surface area contributed by atoms with E-state index >= 15 is 0 Å². The molecule has 2 N–H and O–H groups in total. The topological polar surface area (TPSA) is 82.9 Å². The number of thiazole rings is 1. The Hall–Kier alpha value is -2.60. The SMILES string of the molecule is Cc1cc(SCc2sc(-c3ccc(C(F)(F)F)cc3)nc2CN2CCC(O)CC2)ccc1OCC(=O)O. The molecule has 1 aromatic heterocycles. The van der Waals surface area contributed by atoms with Crippen LogP contribution in [0, 0.1) is 6.92 Å². The predicted molar refractivity (Wildman–Crippen MR) is 137 cm³/mol. The molecule has 2 heterocycles. The number of hydrogen-bond acceptors (Lipinski definition) is 7. The van der Waals surface area contributed by atoms with Crippen LogP contribution >= 0.6 is 23.1 Å². The van der Waals surface area contributed by atoms with Gasteiger partial charge < -0.3 is 14.9 Å². The molecule has 3 aromatic rings. The molecule has 1 aliphatic rings. The van der Waals surface area contributed by atoms with Crippen molar-refractivity contribution in [1.29, 1.82) is 0 Å². The van der Waals surface area contributed by atoms with Crippen molar-refractivity contribution in [1.82, 2.24) is 9.88 Å². The summed E-state index contributed by atoms with van der Waals surface area (Å²) in [6.07, 6.45) is -3.26. The maximum atomic E-state index is 13.0. The second-order valence-electron chi connectivity index (χ2n) is 8.87. The van der Waals surface area contributed by atoms with Crippen LogP contribution in [-0.2, 0) is 23.3 Å². The largest absolute Gasteiger partial charge is 0.482 e. The smallest absolute Gasteiger partial charge is 0.416 e. The van der Waals surface area contributed by atoms with E-state index in [2.05, 4.69) is 4.90 Å². The minimum atomic E-state index is -4.39. The fraction of sp³-hybridized carbons (Fsp3) is 0.385. The molecule has 0 bridgehead atoms. The monoisotopic (exact) mass is 552 g/mol. The van der Waals surface area contributed by atoms with Gasteiger partial charge in [-0.25, -0.2) is 9.78 Å². The van der Waals surface area contributed by atoms with Gasteiger partial charge >= 0.3 is 12.1 Å². The molecule has 0 radical (unpaired) electrons. The zero-order valence-electron chi connectivity index (χ0n) is 20.1. The maximum Gasteiger partial charge on any atom is 0.416 e. The Morgan fingerprint density at radius 1 is 1.19 bits per heavy atom. The van der Waals surface area contributed by atoms with Gasteiger partial charge in [-0.2, -0.15) is 13.2 Å². The van der Waals surface area contributed by atoms with Crippen LogP contribution in [0.1, 0.15) is 34.5 Å². The number of nitrogens with zero attached hydrogens (tertiary/aromatic N) is 2. The fourth-order valence-corrected chi connectivity index (χ4v) is 6.17. The van der Waals surface area contributed by atoms with Gasteiger partial charge in [-0.15, -0.1) is 23.1 Å². The minimum Gasteiger partial charge on any atom is -0.482 e. The number of rotatable bonds is 9. The third-order valence-electron chi connectivity index (χ3n) is 6.04. The quantitative estimate of drug-likeness (QED) is 0.322. The molecule has 37 heavy (non-hydrogen) atoms. The van der Waals surface area contributed by atoms with Crippen LogP contribution < -0.4 is 4.74 Å². The van der Waals surface area contributed by atoms with Crippen molar-refractivity contribution >= 4 is 29.1 Å². The van der Waals surface area contributed by atoms with Crippen LogP contribution in [0.3, 0.4) is 0 Å². The van der Waals surface area contributed by atoms with E-state index in [1.165, 1.54) is 23.5 Å². The summed E-state index contributed by atoms with van der Waals surface area (Å²) in [5.74, 6) is 0.100. The average Bonchev–Trinajstić information content (AvgIpc) is 3.25. The van der Waals surface area contributed by atoms with Gasteiger partial charge in [-0.05, 0) is 55.7 Å². The first-order valence-corrected chi connectivity index (χ1v) is 13.5. The Kier molecular flexibility index (Phi) is 8.79. The average molecular weight is 553 g/mol. The molecule has 6 nitrogen and oxygen atoms in total. The van der Waals surface area contributed by atoms with Crippen LogP contribution in [0.2, 0.25) is 0 Å². The molecular formula is C26H27F3N2O4S2. The summed E-state index contributed by atoms with van der Waals surface area (Å²) in [7, 11) is 0. The van der Waals surface area contributed by atoms with Gasteiger partial charge in [0.1, 0.15) is 10.8 Å². The Balaban J connectivity index is 1.53. The van der Waals surface area contributed by atoms with Crippen LogP contribution in [-0.4, -0.2) is 51.9 Å². The van der Waals surface area contributed by atoms with E-state index in [0.29, 0.717) is 41.5 Å². The summed E-state index contributed by atoms with van der Waals surface area (Å²) < 4.78 is 44.3. The molecule has 198 valence electrons. The Bertz CT molecular complexity index is 1220. The molecule has 1 fully saturated rings. The van der Waals surface area contributed by atoms with Crippen LogP contribution in [0.25, 0.3) is 10.6 Å². The number of thioether (sulfide) groups is 1. The molecule has 0 aliphatic carbocycles. The molecule has 1 saturated heterocycles. The Labute approximate surface area is 221 Å². The third kappa shape index (κ3) is 7.47. The van der Waals surface area contributed by atoms with Crippen molar-refractivity contribution in [3.63, 3.8) is 0 Å². The summed E-state index contributed by atoms with van der Waals surface area (Å²) >= 11 is 3.08. The summed E-state index contributed by atoms with van der Waals surface area (Å²) in [5, 5.41) is 19.3. The van der Waals surface area contributed by atoms with Crippen LogP contribution in [0.5, 0.6) is 5.75 Å². The first-order chi connectivity index (χ1) is 17.6. The zero-order chi connectivity index (χ0) is 26.6. The van der Waals surface area contributed by atoms with Crippen molar-refractivity contribution in [2.75, 3.05) is 19.7 Å². The van der Waals surface area contributed by atoms with Gasteiger partial charge in [0.25, 0.3) is 0 Å². The number of aliphatic hydroxyl groups excluding tert-OH is 1. The number of alkyl halides is 3. The summed E-state index contributed by atoms with van der Waals surface area (Å²) in [4.78, 5) is 19.8. The van der Waals surface area contributed by atoms with Crippen molar-refractivity contribution in [2.24, 2.45) is 0 Å². The van der Waals surface area contributed by atoms with Gasteiger partial charge in [0.2, 0.25) is 0 Å². The Morgan fingerprint density at radius 2 is 1.89 bits per heavy atom. The van der Waals surface area contributed by atoms with E-state index in [1.54, 1.807) is 17.8 Å².